The molecule has 0 spiro atoms. The van der Waals surface area contributed by atoms with Crippen LogP contribution >= 0.6 is 0 Å². The van der Waals surface area contributed by atoms with Gasteiger partial charge in [-0.1, -0.05) is 120 Å². The molecule has 0 amide bonds. The molecule has 2 aromatic carbocycles. The summed E-state index contributed by atoms with van der Waals surface area (Å²) in [5, 5.41) is 7.60. The highest BCUT2D eigenvalue weighted by molar-refractivity contribution is 5.44. The van der Waals surface area contributed by atoms with Crippen LogP contribution in [0.5, 0.6) is 0 Å². The van der Waals surface area contributed by atoms with Crippen LogP contribution in [0.4, 0.5) is 15.8 Å². The first-order chi connectivity index (χ1) is 17.8. The molecule has 3 heteroatoms. The molecular weight excluding hydrogens is 443 g/mol. The highest BCUT2D eigenvalue weighted by atomic mass is 19.1. The van der Waals surface area contributed by atoms with Crippen LogP contribution < -0.4 is 10.6 Å². The van der Waals surface area contributed by atoms with E-state index in [1.54, 1.807) is 0 Å². The van der Waals surface area contributed by atoms with E-state index in [1.165, 1.54) is 101 Å². The minimum atomic E-state index is -0.168. The van der Waals surface area contributed by atoms with Crippen molar-refractivity contribution in [2.45, 2.75) is 128 Å². The van der Waals surface area contributed by atoms with Crippen molar-refractivity contribution in [3.8, 4) is 0 Å². The van der Waals surface area contributed by atoms with E-state index in [2.05, 4.69) is 78.2 Å². The Bertz CT molecular complexity index is 721. The van der Waals surface area contributed by atoms with E-state index in [0.717, 1.165) is 19.3 Å². The first-order valence-corrected chi connectivity index (χ1v) is 15.0. The van der Waals surface area contributed by atoms with Gasteiger partial charge in [0, 0.05) is 23.5 Å². The van der Waals surface area contributed by atoms with E-state index >= 15 is 0 Å². The van der Waals surface area contributed by atoms with Gasteiger partial charge in [0.25, 0.3) is 0 Å². The van der Waals surface area contributed by atoms with Gasteiger partial charge in [0.1, 0.15) is 0 Å². The standard InChI is InChI=1S/C33H53FN2/c1-2-3-4-6-12-21-30(35-32-25-16-10-17-26-32)23-14-9-15-24-31(22-13-7-5-8-20-29-34)36-33-27-18-11-19-28-33/h10-11,16-19,25-28,30-31,35-36H,2-9,12-15,20-24,29H2,1H3. The third kappa shape index (κ3) is 15.2. The highest BCUT2D eigenvalue weighted by Gasteiger charge is 2.11. The molecule has 0 saturated carbocycles. The minimum Gasteiger partial charge on any atom is -0.382 e. The Morgan fingerprint density at radius 1 is 0.500 bits per heavy atom. The summed E-state index contributed by atoms with van der Waals surface area (Å²) < 4.78 is 12.3. The molecular formula is C33H53FN2. The van der Waals surface area contributed by atoms with Gasteiger partial charge in [0.15, 0.2) is 0 Å². The first kappa shape index (κ1) is 30.2. The Morgan fingerprint density at radius 3 is 1.28 bits per heavy atom. The smallest absolute Gasteiger partial charge is 0.0894 e. The number of hydrogen-bond acceptors (Lipinski definition) is 2. The summed E-state index contributed by atoms with van der Waals surface area (Å²) in [4.78, 5) is 0. The fourth-order valence-corrected chi connectivity index (χ4v) is 5.09. The number of unbranched alkanes of at least 4 members (excludes halogenated alkanes) is 10. The number of halogens is 1. The van der Waals surface area contributed by atoms with Crippen molar-refractivity contribution in [2.24, 2.45) is 0 Å². The largest absolute Gasteiger partial charge is 0.382 e. The van der Waals surface area contributed by atoms with Crippen LogP contribution in [-0.2, 0) is 0 Å². The molecule has 0 radical (unpaired) electrons. The van der Waals surface area contributed by atoms with Gasteiger partial charge in [-0.05, 0) is 56.4 Å². The van der Waals surface area contributed by atoms with Gasteiger partial charge in [-0.3, -0.25) is 4.39 Å². The predicted molar refractivity (Wildman–Crippen MR) is 158 cm³/mol. The average molecular weight is 497 g/mol. The quantitative estimate of drug-likeness (QED) is 0.149. The summed E-state index contributed by atoms with van der Waals surface area (Å²) in [6.07, 6.45) is 21.0. The Labute approximate surface area is 221 Å². The molecule has 0 heterocycles. The van der Waals surface area contributed by atoms with Gasteiger partial charge in [-0.2, -0.15) is 0 Å². The second-order valence-corrected chi connectivity index (χ2v) is 10.5. The zero-order valence-corrected chi connectivity index (χ0v) is 23.0. The molecule has 2 atom stereocenters. The van der Waals surface area contributed by atoms with Gasteiger partial charge >= 0.3 is 0 Å². The maximum absolute atomic E-state index is 12.3. The molecule has 2 N–H and O–H groups in total. The van der Waals surface area contributed by atoms with Gasteiger partial charge in [0.05, 0.1) is 6.67 Å². The van der Waals surface area contributed by atoms with Gasteiger partial charge in [-0.25, -0.2) is 0 Å². The monoisotopic (exact) mass is 496 g/mol. The molecule has 0 aliphatic rings. The van der Waals surface area contributed by atoms with Gasteiger partial charge < -0.3 is 10.6 Å². The van der Waals surface area contributed by atoms with Crippen molar-refractivity contribution in [3.05, 3.63) is 60.7 Å². The van der Waals surface area contributed by atoms with E-state index < -0.39 is 0 Å². The first-order valence-electron chi connectivity index (χ1n) is 15.0. The molecule has 2 nitrogen and oxygen atoms in total. The van der Waals surface area contributed by atoms with E-state index in [4.69, 9.17) is 0 Å². The van der Waals surface area contributed by atoms with Crippen molar-refractivity contribution >= 4 is 11.4 Å². The van der Waals surface area contributed by atoms with Crippen LogP contribution in [0.3, 0.4) is 0 Å². The molecule has 0 aromatic heterocycles. The summed E-state index contributed by atoms with van der Waals surface area (Å²) in [7, 11) is 0. The molecule has 0 bridgehead atoms. The fourth-order valence-electron chi connectivity index (χ4n) is 5.09. The molecule has 0 saturated heterocycles. The topological polar surface area (TPSA) is 24.1 Å². The number of alkyl halides is 1. The normalized spacial score (nSPS) is 12.8. The predicted octanol–water partition coefficient (Wildman–Crippen LogP) is 10.6. The van der Waals surface area contributed by atoms with Crippen molar-refractivity contribution in [1.82, 2.24) is 0 Å². The van der Waals surface area contributed by atoms with E-state index in [9.17, 15) is 4.39 Å². The summed E-state index contributed by atoms with van der Waals surface area (Å²) in [6.45, 7) is 2.12. The zero-order chi connectivity index (χ0) is 25.5. The Balaban J connectivity index is 1.73. The van der Waals surface area contributed by atoms with Crippen LogP contribution in [0, 0.1) is 0 Å². The molecule has 0 fully saturated rings. The van der Waals surface area contributed by atoms with Crippen molar-refractivity contribution in [3.63, 3.8) is 0 Å². The lowest BCUT2D eigenvalue weighted by Gasteiger charge is -2.22. The van der Waals surface area contributed by atoms with Crippen LogP contribution in [0.2, 0.25) is 0 Å². The molecule has 0 aliphatic heterocycles. The number of rotatable bonds is 23. The summed E-state index contributed by atoms with van der Waals surface area (Å²) in [5.41, 5.74) is 2.49. The fraction of sp³-hybridized carbons (Fsp3) is 0.636. The van der Waals surface area contributed by atoms with Crippen LogP contribution in [0.1, 0.15) is 116 Å². The van der Waals surface area contributed by atoms with Crippen LogP contribution in [-0.4, -0.2) is 18.8 Å². The van der Waals surface area contributed by atoms with Crippen LogP contribution in [0.15, 0.2) is 60.7 Å². The SMILES string of the molecule is CCCCCCCC(CCCCCC(CCCCCCCF)Nc1ccccc1)Nc1ccccc1. The maximum Gasteiger partial charge on any atom is 0.0894 e. The Kier molecular flexibility index (Phi) is 17.7. The molecule has 2 unspecified atom stereocenters. The lowest BCUT2D eigenvalue weighted by Crippen LogP contribution is -2.20. The zero-order valence-electron chi connectivity index (χ0n) is 23.0. The summed E-state index contributed by atoms with van der Waals surface area (Å²) >= 11 is 0. The summed E-state index contributed by atoms with van der Waals surface area (Å²) in [6, 6.07) is 22.5. The molecule has 0 aliphatic carbocycles. The molecule has 2 rings (SSSR count). The molecule has 202 valence electrons. The van der Waals surface area contributed by atoms with Crippen molar-refractivity contribution < 1.29 is 4.39 Å². The van der Waals surface area contributed by atoms with Gasteiger partial charge in [-0.15, -0.1) is 0 Å². The molecule has 36 heavy (non-hydrogen) atoms. The molecule has 2 aromatic rings. The summed E-state index contributed by atoms with van der Waals surface area (Å²) in [5.74, 6) is 0. The number of hydrogen-bond donors (Lipinski definition) is 2. The number of benzene rings is 2. The third-order valence-electron chi connectivity index (χ3n) is 7.24. The Hall–Kier alpha value is -2.03. The van der Waals surface area contributed by atoms with E-state index in [-0.39, 0.29) is 6.67 Å². The van der Waals surface area contributed by atoms with Crippen molar-refractivity contribution in [1.29, 1.82) is 0 Å². The lowest BCUT2D eigenvalue weighted by molar-refractivity contribution is 0.445. The highest BCUT2D eigenvalue weighted by Crippen LogP contribution is 2.21. The number of nitrogens with one attached hydrogen (secondary N) is 2. The second kappa shape index (κ2) is 21.1. The van der Waals surface area contributed by atoms with E-state index in [1.807, 2.05) is 0 Å². The average Bonchev–Trinajstić information content (AvgIpc) is 2.91. The minimum absolute atomic E-state index is 0.168. The van der Waals surface area contributed by atoms with E-state index in [0.29, 0.717) is 12.1 Å². The second-order valence-electron chi connectivity index (χ2n) is 10.5. The van der Waals surface area contributed by atoms with Gasteiger partial charge in [0.2, 0.25) is 0 Å². The van der Waals surface area contributed by atoms with Crippen LogP contribution in [0.25, 0.3) is 0 Å². The third-order valence-corrected chi connectivity index (χ3v) is 7.24. The Morgan fingerprint density at radius 2 is 0.861 bits per heavy atom. The lowest BCUT2D eigenvalue weighted by atomic mass is 9.97. The maximum atomic E-state index is 12.3. The number of para-hydroxylation sites is 2. The van der Waals surface area contributed by atoms with Crippen molar-refractivity contribution in [2.75, 3.05) is 17.3 Å². The number of anilines is 2.